The quantitative estimate of drug-likeness (QED) is 0.499. The first kappa shape index (κ1) is 8.52. The van der Waals surface area contributed by atoms with E-state index in [0.29, 0.717) is 11.3 Å². The summed E-state index contributed by atoms with van der Waals surface area (Å²) in [6.07, 6.45) is 0. The van der Waals surface area contributed by atoms with Gasteiger partial charge in [-0.15, -0.1) is 0 Å². The zero-order valence-corrected chi connectivity index (χ0v) is 6.90. The van der Waals surface area contributed by atoms with Gasteiger partial charge in [0.1, 0.15) is 0 Å². The number of benzene rings is 1. The zero-order valence-electron chi connectivity index (χ0n) is 6.90. The van der Waals surface area contributed by atoms with Crippen LogP contribution in [0.1, 0.15) is 5.56 Å². The third-order valence-electron chi connectivity index (χ3n) is 1.60. The number of nitro groups is 1. The normalized spacial score (nSPS) is 9.50. The van der Waals surface area contributed by atoms with Crippen molar-refractivity contribution in [2.45, 2.75) is 6.92 Å². The molecule has 0 aliphatic carbocycles. The maximum absolute atomic E-state index is 10.5. The van der Waals surface area contributed by atoms with Gasteiger partial charge in [0.15, 0.2) is 5.75 Å². The summed E-state index contributed by atoms with van der Waals surface area (Å²) in [6, 6.07) is 4.98. The van der Waals surface area contributed by atoms with Gasteiger partial charge in [0.05, 0.1) is 12.0 Å². The van der Waals surface area contributed by atoms with Gasteiger partial charge < -0.3 is 4.74 Å². The van der Waals surface area contributed by atoms with Crippen LogP contribution in [0.25, 0.3) is 0 Å². The van der Waals surface area contributed by atoms with Crippen molar-refractivity contribution in [1.29, 1.82) is 0 Å². The zero-order chi connectivity index (χ0) is 9.14. The van der Waals surface area contributed by atoms with E-state index in [4.69, 9.17) is 4.74 Å². The van der Waals surface area contributed by atoms with Crippen molar-refractivity contribution < 1.29 is 9.66 Å². The van der Waals surface area contributed by atoms with Crippen LogP contribution < -0.4 is 4.74 Å². The lowest BCUT2D eigenvalue weighted by Crippen LogP contribution is -1.95. The Hall–Kier alpha value is -1.58. The molecule has 0 aliphatic rings. The number of aryl methyl sites for hydroxylation is 1. The maximum atomic E-state index is 10.5. The molecule has 0 bridgehead atoms. The Labute approximate surface area is 69.9 Å². The van der Waals surface area contributed by atoms with Gasteiger partial charge in [-0.3, -0.25) is 10.1 Å². The van der Waals surface area contributed by atoms with Crippen LogP contribution in [0.2, 0.25) is 0 Å². The van der Waals surface area contributed by atoms with E-state index >= 15 is 0 Å². The fourth-order valence-electron chi connectivity index (χ4n) is 1.03. The van der Waals surface area contributed by atoms with Gasteiger partial charge >= 0.3 is 5.69 Å². The molecule has 0 spiro atoms. The summed E-state index contributed by atoms with van der Waals surface area (Å²) in [5.41, 5.74) is 0.652. The van der Waals surface area contributed by atoms with E-state index in [0.717, 1.165) is 0 Å². The van der Waals surface area contributed by atoms with E-state index in [1.54, 1.807) is 25.1 Å². The van der Waals surface area contributed by atoms with Crippen molar-refractivity contribution in [3.63, 3.8) is 0 Å². The van der Waals surface area contributed by atoms with Crippen molar-refractivity contribution in [3.05, 3.63) is 33.9 Å². The number of ether oxygens (including phenoxy) is 1. The summed E-state index contributed by atoms with van der Waals surface area (Å²) in [5, 5.41) is 10.5. The van der Waals surface area contributed by atoms with Gasteiger partial charge in [0.25, 0.3) is 0 Å². The molecule has 0 N–H and O–H groups in total. The topological polar surface area (TPSA) is 52.4 Å². The minimum absolute atomic E-state index is 0.0417. The van der Waals surface area contributed by atoms with Gasteiger partial charge in [-0.2, -0.15) is 0 Å². The fourth-order valence-corrected chi connectivity index (χ4v) is 1.03. The monoisotopic (exact) mass is 167 g/mol. The molecule has 0 heterocycles. The maximum Gasteiger partial charge on any atom is 0.313 e. The Kier molecular flexibility index (Phi) is 2.28. The van der Waals surface area contributed by atoms with E-state index in [1.165, 1.54) is 7.11 Å². The van der Waals surface area contributed by atoms with Crippen LogP contribution in [0.4, 0.5) is 5.69 Å². The molecular formula is C8H9NO3. The third-order valence-corrected chi connectivity index (χ3v) is 1.60. The molecule has 0 saturated heterocycles. The van der Waals surface area contributed by atoms with Crippen molar-refractivity contribution in [2.75, 3.05) is 7.11 Å². The number of nitrogens with zero attached hydrogens (tertiary/aromatic N) is 1. The number of methoxy groups -OCH3 is 1. The third kappa shape index (κ3) is 1.37. The summed E-state index contributed by atoms with van der Waals surface area (Å²) in [4.78, 5) is 10.1. The lowest BCUT2D eigenvalue weighted by molar-refractivity contribution is -0.386. The first-order valence-electron chi connectivity index (χ1n) is 3.45. The van der Waals surface area contributed by atoms with Crippen molar-refractivity contribution >= 4 is 5.69 Å². The average molecular weight is 167 g/mol. The predicted molar refractivity (Wildman–Crippen MR) is 44.4 cm³/mol. The number of hydrogen-bond acceptors (Lipinski definition) is 3. The molecule has 12 heavy (non-hydrogen) atoms. The van der Waals surface area contributed by atoms with Crippen LogP contribution in [-0.2, 0) is 0 Å². The molecule has 4 nitrogen and oxygen atoms in total. The fraction of sp³-hybridized carbons (Fsp3) is 0.250. The standard InChI is InChI=1S/C8H9NO3/c1-6-4-3-5-7(12-2)8(6)9(10)11/h3-5H,1-2H3. The molecule has 0 amide bonds. The van der Waals surface area contributed by atoms with E-state index in [2.05, 4.69) is 0 Å². The smallest absolute Gasteiger partial charge is 0.313 e. The molecule has 4 heteroatoms. The van der Waals surface area contributed by atoms with Crippen LogP contribution in [0.15, 0.2) is 18.2 Å². The average Bonchev–Trinajstić information content (AvgIpc) is 2.03. The van der Waals surface area contributed by atoms with Gasteiger partial charge in [-0.25, -0.2) is 0 Å². The van der Waals surface area contributed by atoms with Gasteiger partial charge in [-0.05, 0) is 13.0 Å². The first-order chi connectivity index (χ1) is 5.66. The summed E-state index contributed by atoms with van der Waals surface area (Å²) >= 11 is 0. The van der Waals surface area contributed by atoms with Crippen molar-refractivity contribution in [2.24, 2.45) is 0 Å². The second-order valence-corrected chi connectivity index (χ2v) is 2.38. The highest BCUT2D eigenvalue weighted by atomic mass is 16.6. The molecule has 1 aromatic rings. The van der Waals surface area contributed by atoms with Crippen LogP contribution in [0, 0.1) is 17.0 Å². The van der Waals surface area contributed by atoms with Crippen LogP contribution >= 0.6 is 0 Å². The summed E-state index contributed by atoms with van der Waals surface area (Å²) in [5.74, 6) is 0.306. The summed E-state index contributed by atoms with van der Waals surface area (Å²) in [7, 11) is 1.42. The highest BCUT2D eigenvalue weighted by molar-refractivity contribution is 5.51. The Balaban J connectivity index is 3.29. The molecule has 0 aliphatic heterocycles. The number of rotatable bonds is 2. The molecule has 1 aromatic carbocycles. The van der Waals surface area contributed by atoms with Gasteiger partial charge in [0, 0.05) is 5.56 Å². The van der Waals surface area contributed by atoms with Crippen molar-refractivity contribution in [1.82, 2.24) is 0 Å². The summed E-state index contributed by atoms with van der Waals surface area (Å²) < 4.78 is 4.85. The second-order valence-electron chi connectivity index (χ2n) is 2.38. The minimum atomic E-state index is -0.436. The SMILES string of the molecule is COc1cccc(C)c1[N+](=O)[O-]. The van der Waals surface area contributed by atoms with E-state index in [1.807, 2.05) is 0 Å². The highest BCUT2D eigenvalue weighted by Crippen LogP contribution is 2.29. The molecule has 0 radical (unpaired) electrons. The Morgan fingerprint density at radius 3 is 2.58 bits per heavy atom. The first-order valence-corrected chi connectivity index (χ1v) is 3.45. The highest BCUT2D eigenvalue weighted by Gasteiger charge is 2.16. The largest absolute Gasteiger partial charge is 0.490 e. The Bertz CT molecular complexity index is 309. The van der Waals surface area contributed by atoms with Gasteiger partial charge in [-0.1, -0.05) is 12.1 Å². The molecule has 0 aromatic heterocycles. The molecule has 0 fully saturated rings. The molecule has 0 atom stereocenters. The van der Waals surface area contributed by atoms with Crippen LogP contribution in [0.5, 0.6) is 5.75 Å². The molecule has 1 rings (SSSR count). The minimum Gasteiger partial charge on any atom is -0.490 e. The van der Waals surface area contributed by atoms with E-state index in [-0.39, 0.29) is 5.69 Å². The number of para-hydroxylation sites is 1. The lowest BCUT2D eigenvalue weighted by Gasteiger charge is -2.02. The number of nitro benzene ring substituents is 1. The number of hydrogen-bond donors (Lipinski definition) is 0. The van der Waals surface area contributed by atoms with Crippen LogP contribution in [0.3, 0.4) is 0 Å². The summed E-state index contributed by atoms with van der Waals surface area (Å²) in [6.45, 7) is 1.68. The second kappa shape index (κ2) is 3.21. The van der Waals surface area contributed by atoms with E-state index < -0.39 is 4.92 Å². The van der Waals surface area contributed by atoms with Crippen LogP contribution in [-0.4, -0.2) is 12.0 Å². The lowest BCUT2D eigenvalue weighted by atomic mass is 10.2. The van der Waals surface area contributed by atoms with E-state index in [9.17, 15) is 10.1 Å². The molecular weight excluding hydrogens is 158 g/mol. The predicted octanol–water partition coefficient (Wildman–Crippen LogP) is 1.91. The molecule has 0 unspecified atom stereocenters. The molecule has 0 saturated carbocycles. The molecule has 64 valence electrons. The Morgan fingerprint density at radius 2 is 2.17 bits per heavy atom. The van der Waals surface area contributed by atoms with Crippen molar-refractivity contribution in [3.8, 4) is 5.75 Å². The van der Waals surface area contributed by atoms with Gasteiger partial charge in [0.2, 0.25) is 0 Å². The Morgan fingerprint density at radius 1 is 1.50 bits per heavy atom.